The van der Waals surface area contributed by atoms with Crippen LogP contribution in [0.3, 0.4) is 0 Å². The van der Waals surface area contributed by atoms with Crippen LogP contribution in [0.2, 0.25) is 5.02 Å². The fourth-order valence-electron chi connectivity index (χ4n) is 3.60. The second-order valence-corrected chi connectivity index (χ2v) is 11.8. The van der Waals surface area contributed by atoms with Crippen LogP contribution in [0.15, 0.2) is 23.1 Å². The van der Waals surface area contributed by atoms with Gasteiger partial charge in [-0.15, -0.1) is 0 Å². The van der Waals surface area contributed by atoms with Gasteiger partial charge in [-0.25, -0.2) is 13.2 Å². The van der Waals surface area contributed by atoms with Crippen molar-refractivity contribution < 1.29 is 22.7 Å². The van der Waals surface area contributed by atoms with E-state index in [0.717, 1.165) is 19.1 Å². The first kappa shape index (κ1) is 25.5. The second-order valence-electron chi connectivity index (χ2n) is 9.40. The van der Waals surface area contributed by atoms with Crippen molar-refractivity contribution in [3.63, 3.8) is 0 Å². The highest BCUT2D eigenvalue weighted by Crippen LogP contribution is 2.26. The molecule has 2 amide bonds. The first-order valence-electron chi connectivity index (χ1n) is 10.5. The van der Waals surface area contributed by atoms with Gasteiger partial charge in [0, 0.05) is 37.5 Å². The number of carbonyl (C=O) groups is 2. The summed E-state index contributed by atoms with van der Waals surface area (Å²) in [6.07, 6.45) is 2.41. The summed E-state index contributed by atoms with van der Waals surface area (Å²) in [4.78, 5) is 29.1. The average molecular weight is 473 g/mol. The third kappa shape index (κ3) is 7.10. The van der Waals surface area contributed by atoms with E-state index in [1.807, 2.05) is 34.6 Å². The molecule has 2 rings (SSSR count). The maximum Gasteiger partial charge on any atom is 0.410 e. The summed E-state index contributed by atoms with van der Waals surface area (Å²) in [5, 5.41) is 0.0977. The van der Waals surface area contributed by atoms with Gasteiger partial charge in [-0.1, -0.05) is 11.6 Å². The number of hydrogen-bond donors (Lipinski definition) is 0. The van der Waals surface area contributed by atoms with E-state index in [1.165, 1.54) is 12.1 Å². The van der Waals surface area contributed by atoms with E-state index in [4.69, 9.17) is 16.3 Å². The Morgan fingerprint density at radius 2 is 1.94 bits per heavy atom. The van der Waals surface area contributed by atoms with E-state index >= 15 is 0 Å². The van der Waals surface area contributed by atoms with Crippen molar-refractivity contribution in [3.8, 4) is 0 Å². The zero-order valence-corrected chi connectivity index (χ0v) is 20.7. The van der Waals surface area contributed by atoms with Crippen LogP contribution in [0.25, 0.3) is 0 Å². The highest BCUT2D eigenvalue weighted by Gasteiger charge is 2.31. The Morgan fingerprint density at radius 1 is 1.29 bits per heavy atom. The largest absolute Gasteiger partial charge is 0.444 e. The van der Waals surface area contributed by atoms with Gasteiger partial charge in [-0.3, -0.25) is 4.79 Å². The molecule has 0 N–H and O–H groups in total. The number of hydrogen-bond acceptors (Lipinski definition) is 5. The van der Waals surface area contributed by atoms with Crippen LogP contribution in [0.5, 0.6) is 0 Å². The number of nitrogens with zero attached hydrogens (tertiary/aromatic N) is 2. The summed E-state index contributed by atoms with van der Waals surface area (Å²) in [6.45, 7) is 10.9. The number of halogens is 1. The molecule has 0 radical (unpaired) electrons. The standard InChI is InChI=1S/C22H33ClN2O5S/c1-15(2)25(21(27)30-22(3,4)5)14-16-8-7-11-24(13-16)20(26)17-9-10-18(23)19(12-17)31(6,28)29/h9-10,12,15-16H,7-8,11,13-14H2,1-6H3. The van der Waals surface area contributed by atoms with Crippen LogP contribution < -0.4 is 0 Å². The second kappa shape index (κ2) is 9.77. The molecule has 9 heteroatoms. The number of rotatable bonds is 5. The van der Waals surface area contributed by atoms with Crippen LogP contribution in [0, 0.1) is 5.92 Å². The Balaban J connectivity index is 2.14. The average Bonchev–Trinajstić information content (AvgIpc) is 2.63. The third-order valence-corrected chi connectivity index (χ3v) is 6.67. The quantitative estimate of drug-likeness (QED) is 0.639. The summed E-state index contributed by atoms with van der Waals surface area (Å²) >= 11 is 6.00. The molecule has 7 nitrogen and oxygen atoms in total. The van der Waals surface area contributed by atoms with E-state index in [1.54, 1.807) is 15.9 Å². The van der Waals surface area contributed by atoms with Gasteiger partial charge in [0.05, 0.1) is 9.92 Å². The number of piperidine rings is 1. The molecule has 1 fully saturated rings. The van der Waals surface area contributed by atoms with Crippen LogP contribution in [-0.2, 0) is 14.6 Å². The van der Waals surface area contributed by atoms with Gasteiger partial charge in [0.2, 0.25) is 0 Å². The predicted molar refractivity (Wildman–Crippen MR) is 121 cm³/mol. The van der Waals surface area contributed by atoms with Crippen molar-refractivity contribution in [1.29, 1.82) is 0 Å². The summed E-state index contributed by atoms with van der Waals surface area (Å²) in [5.74, 6) is -0.131. The maximum atomic E-state index is 13.1. The van der Waals surface area contributed by atoms with E-state index in [9.17, 15) is 18.0 Å². The third-order valence-electron chi connectivity index (χ3n) is 5.09. The lowest BCUT2D eigenvalue weighted by atomic mass is 9.96. The van der Waals surface area contributed by atoms with E-state index in [0.29, 0.717) is 25.2 Å². The van der Waals surface area contributed by atoms with Crippen molar-refractivity contribution in [2.24, 2.45) is 5.92 Å². The molecule has 1 aliphatic heterocycles. The van der Waals surface area contributed by atoms with Crippen molar-refractivity contribution >= 4 is 33.4 Å². The Morgan fingerprint density at radius 3 is 2.48 bits per heavy atom. The molecule has 31 heavy (non-hydrogen) atoms. The summed E-state index contributed by atoms with van der Waals surface area (Å²) in [5.41, 5.74) is -0.289. The molecular weight excluding hydrogens is 440 g/mol. The minimum absolute atomic E-state index is 0.0329. The van der Waals surface area contributed by atoms with Crippen molar-refractivity contribution in [3.05, 3.63) is 28.8 Å². The van der Waals surface area contributed by atoms with Crippen LogP contribution in [0.4, 0.5) is 4.79 Å². The van der Waals surface area contributed by atoms with Crippen LogP contribution in [0.1, 0.15) is 57.8 Å². The Kier molecular flexibility index (Phi) is 8.03. The highest BCUT2D eigenvalue weighted by atomic mass is 35.5. The molecule has 0 saturated carbocycles. The fourth-order valence-corrected chi connectivity index (χ4v) is 4.90. The number of amides is 2. The lowest BCUT2D eigenvalue weighted by molar-refractivity contribution is 0.0124. The first-order valence-corrected chi connectivity index (χ1v) is 12.7. The number of sulfone groups is 1. The smallest absolute Gasteiger partial charge is 0.410 e. The van der Waals surface area contributed by atoms with Crippen LogP contribution in [-0.4, -0.2) is 67.8 Å². The van der Waals surface area contributed by atoms with Gasteiger partial charge in [0.25, 0.3) is 5.91 Å². The predicted octanol–water partition coefficient (Wildman–Crippen LogP) is 4.24. The van der Waals surface area contributed by atoms with E-state index in [2.05, 4.69) is 0 Å². The monoisotopic (exact) mass is 472 g/mol. The number of benzene rings is 1. The normalized spacial score (nSPS) is 17.5. The molecule has 1 aromatic rings. The molecule has 1 unspecified atom stereocenters. The molecule has 1 aromatic carbocycles. The van der Waals surface area contributed by atoms with Crippen molar-refractivity contribution in [1.82, 2.24) is 9.80 Å². The SMILES string of the molecule is CC(C)N(CC1CCCN(C(=O)c2ccc(Cl)c(S(C)(=O)=O)c2)C1)C(=O)OC(C)(C)C. The zero-order chi connectivity index (χ0) is 23.6. The van der Waals surface area contributed by atoms with Crippen molar-refractivity contribution in [2.75, 3.05) is 25.9 Å². The number of ether oxygens (including phenoxy) is 1. The Bertz CT molecular complexity index is 924. The minimum Gasteiger partial charge on any atom is -0.444 e. The molecule has 174 valence electrons. The molecule has 1 saturated heterocycles. The molecule has 0 spiro atoms. The minimum atomic E-state index is -3.54. The van der Waals surface area contributed by atoms with Gasteiger partial charge in [-0.05, 0) is 71.6 Å². The fraction of sp³-hybridized carbons (Fsp3) is 0.636. The maximum absolute atomic E-state index is 13.1. The van der Waals surface area contributed by atoms with Gasteiger partial charge in [0.15, 0.2) is 9.84 Å². The number of carbonyl (C=O) groups excluding carboxylic acids is 2. The topological polar surface area (TPSA) is 84.0 Å². The number of likely N-dealkylation sites (tertiary alicyclic amines) is 1. The van der Waals surface area contributed by atoms with Gasteiger partial charge in [0.1, 0.15) is 5.60 Å². The molecule has 0 bridgehead atoms. The zero-order valence-electron chi connectivity index (χ0n) is 19.1. The van der Waals surface area contributed by atoms with Gasteiger partial charge in [-0.2, -0.15) is 0 Å². The summed E-state index contributed by atoms with van der Waals surface area (Å²) < 4.78 is 29.4. The molecule has 1 heterocycles. The lowest BCUT2D eigenvalue weighted by Gasteiger charge is -2.37. The Labute approximate surface area is 190 Å². The van der Waals surface area contributed by atoms with E-state index in [-0.39, 0.29) is 33.9 Å². The first-order chi connectivity index (χ1) is 14.2. The van der Waals surface area contributed by atoms with Crippen molar-refractivity contribution in [2.45, 2.75) is 64.0 Å². The van der Waals surface area contributed by atoms with E-state index < -0.39 is 15.4 Å². The summed E-state index contributed by atoms with van der Waals surface area (Å²) in [7, 11) is -3.54. The van der Waals surface area contributed by atoms with Gasteiger partial charge >= 0.3 is 6.09 Å². The Hall–Kier alpha value is -1.80. The van der Waals surface area contributed by atoms with Gasteiger partial charge < -0.3 is 14.5 Å². The molecule has 0 aliphatic carbocycles. The molecule has 0 aromatic heterocycles. The van der Waals surface area contributed by atoms with Crippen LogP contribution >= 0.6 is 11.6 Å². The lowest BCUT2D eigenvalue weighted by Crippen LogP contribution is -2.48. The summed E-state index contributed by atoms with van der Waals surface area (Å²) in [6, 6.07) is 4.29. The molecular formula is C22H33ClN2O5S. The highest BCUT2D eigenvalue weighted by molar-refractivity contribution is 7.90. The molecule has 1 atom stereocenters. The molecule has 1 aliphatic rings.